The highest BCUT2D eigenvalue weighted by Gasteiger charge is 2.48. The van der Waals surface area contributed by atoms with Crippen LogP contribution in [0.1, 0.15) is 11.3 Å². The highest BCUT2D eigenvalue weighted by Crippen LogP contribution is 2.36. The molecule has 2 saturated heterocycles. The predicted octanol–water partition coefficient (Wildman–Crippen LogP) is -0.126. The molecule has 1 aromatic rings. The molecule has 1 aromatic heterocycles. The van der Waals surface area contributed by atoms with Gasteiger partial charge in [-0.25, -0.2) is 9.97 Å². The van der Waals surface area contributed by atoms with Gasteiger partial charge in [-0.2, -0.15) is 0 Å². The maximum Gasteiger partial charge on any atom is 0.225 e. The van der Waals surface area contributed by atoms with Gasteiger partial charge in [-0.3, -0.25) is 0 Å². The van der Waals surface area contributed by atoms with Gasteiger partial charge >= 0.3 is 0 Å². The molecule has 4 heterocycles. The fourth-order valence-electron chi connectivity index (χ4n) is 3.18. The standard InChI is InChI=1S/C13H19N5/c1-17-3-2-10-4-15-12(16-11(10)5-17)18-8-13(9-18)6-14-7-13/h4,14H,2-3,5-9H2,1H3. The number of likely N-dealkylation sites (N-methyl/N-ethyl adjacent to an activating group) is 1. The van der Waals surface area contributed by atoms with Crippen molar-refractivity contribution in [3.8, 4) is 0 Å². The molecule has 0 radical (unpaired) electrons. The van der Waals surface area contributed by atoms with E-state index in [1.165, 1.54) is 11.3 Å². The van der Waals surface area contributed by atoms with E-state index in [-0.39, 0.29) is 0 Å². The van der Waals surface area contributed by atoms with E-state index in [2.05, 4.69) is 27.1 Å². The van der Waals surface area contributed by atoms with E-state index in [0.29, 0.717) is 5.41 Å². The van der Waals surface area contributed by atoms with Crippen LogP contribution in [0.3, 0.4) is 0 Å². The average Bonchev–Trinajstić information content (AvgIpc) is 2.24. The number of hydrogen-bond donors (Lipinski definition) is 1. The summed E-state index contributed by atoms with van der Waals surface area (Å²) in [6, 6.07) is 0. The third-order valence-electron chi connectivity index (χ3n) is 4.46. The van der Waals surface area contributed by atoms with Crippen LogP contribution < -0.4 is 10.2 Å². The molecule has 0 aromatic carbocycles. The van der Waals surface area contributed by atoms with E-state index < -0.39 is 0 Å². The van der Waals surface area contributed by atoms with E-state index in [0.717, 1.165) is 51.6 Å². The Bertz CT molecular complexity index is 474. The van der Waals surface area contributed by atoms with Crippen LogP contribution in [0.15, 0.2) is 6.20 Å². The van der Waals surface area contributed by atoms with Crippen LogP contribution in [0.2, 0.25) is 0 Å². The minimum absolute atomic E-state index is 0.538. The van der Waals surface area contributed by atoms with Gasteiger partial charge in [0.05, 0.1) is 5.69 Å². The summed E-state index contributed by atoms with van der Waals surface area (Å²) in [6.07, 6.45) is 3.12. The maximum atomic E-state index is 4.76. The molecule has 18 heavy (non-hydrogen) atoms. The molecule has 5 nitrogen and oxygen atoms in total. The fourth-order valence-corrected chi connectivity index (χ4v) is 3.18. The Morgan fingerprint density at radius 1 is 1.33 bits per heavy atom. The van der Waals surface area contributed by atoms with Crippen molar-refractivity contribution in [1.82, 2.24) is 20.2 Å². The van der Waals surface area contributed by atoms with Crippen molar-refractivity contribution in [1.29, 1.82) is 0 Å². The molecule has 1 N–H and O–H groups in total. The summed E-state index contributed by atoms with van der Waals surface area (Å²) >= 11 is 0. The van der Waals surface area contributed by atoms with Gasteiger partial charge in [0, 0.05) is 50.9 Å². The predicted molar refractivity (Wildman–Crippen MR) is 69.6 cm³/mol. The zero-order valence-electron chi connectivity index (χ0n) is 10.8. The van der Waals surface area contributed by atoms with Gasteiger partial charge in [-0.1, -0.05) is 0 Å². The number of nitrogens with one attached hydrogen (secondary N) is 1. The fraction of sp³-hybridized carbons (Fsp3) is 0.692. The quantitative estimate of drug-likeness (QED) is 0.747. The van der Waals surface area contributed by atoms with Crippen molar-refractivity contribution < 1.29 is 0 Å². The zero-order valence-corrected chi connectivity index (χ0v) is 10.8. The first-order chi connectivity index (χ1) is 8.74. The lowest BCUT2D eigenvalue weighted by Gasteiger charge is -2.56. The van der Waals surface area contributed by atoms with Gasteiger partial charge in [-0.15, -0.1) is 0 Å². The summed E-state index contributed by atoms with van der Waals surface area (Å²) in [5, 5.41) is 3.36. The molecule has 5 heteroatoms. The van der Waals surface area contributed by atoms with E-state index in [1.54, 1.807) is 0 Å². The molecule has 3 aliphatic rings. The molecule has 3 aliphatic heterocycles. The van der Waals surface area contributed by atoms with Crippen LogP contribution in [0.25, 0.3) is 0 Å². The summed E-state index contributed by atoms with van der Waals surface area (Å²) in [4.78, 5) is 13.9. The highest BCUT2D eigenvalue weighted by molar-refractivity contribution is 5.40. The largest absolute Gasteiger partial charge is 0.339 e. The Hall–Kier alpha value is -1.20. The third-order valence-corrected chi connectivity index (χ3v) is 4.46. The van der Waals surface area contributed by atoms with E-state index >= 15 is 0 Å². The van der Waals surface area contributed by atoms with Crippen molar-refractivity contribution in [3.05, 3.63) is 17.5 Å². The summed E-state index contributed by atoms with van der Waals surface area (Å²) in [7, 11) is 2.16. The normalized spacial score (nSPS) is 25.5. The molecule has 0 saturated carbocycles. The number of nitrogens with zero attached hydrogens (tertiary/aromatic N) is 4. The molecule has 96 valence electrons. The van der Waals surface area contributed by atoms with Crippen LogP contribution in [0.4, 0.5) is 5.95 Å². The molecule has 0 amide bonds. The first-order valence-corrected chi connectivity index (χ1v) is 6.73. The van der Waals surface area contributed by atoms with Crippen LogP contribution >= 0.6 is 0 Å². The van der Waals surface area contributed by atoms with Gasteiger partial charge in [-0.05, 0) is 19.0 Å². The summed E-state index contributed by atoms with van der Waals surface area (Å²) in [5.74, 6) is 0.932. The Balaban J connectivity index is 1.54. The number of hydrogen-bond acceptors (Lipinski definition) is 5. The SMILES string of the molecule is CN1CCc2cnc(N3CC4(CNC4)C3)nc2C1. The van der Waals surface area contributed by atoms with Crippen LogP contribution in [0, 0.1) is 5.41 Å². The average molecular weight is 245 g/mol. The van der Waals surface area contributed by atoms with Crippen molar-refractivity contribution in [3.63, 3.8) is 0 Å². The summed E-state index contributed by atoms with van der Waals surface area (Å²) in [5.41, 5.74) is 3.09. The van der Waals surface area contributed by atoms with E-state index in [9.17, 15) is 0 Å². The second-order valence-electron chi connectivity index (χ2n) is 6.09. The van der Waals surface area contributed by atoms with Gasteiger partial charge < -0.3 is 15.1 Å². The molecule has 0 bridgehead atoms. The summed E-state index contributed by atoms with van der Waals surface area (Å²) in [6.45, 7) is 6.65. The Kier molecular flexibility index (Phi) is 2.17. The van der Waals surface area contributed by atoms with Crippen LogP contribution in [-0.2, 0) is 13.0 Å². The molecule has 0 atom stereocenters. The maximum absolute atomic E-state index is 4.76. The van der Waals surface area contributed by atoms with Gasteiger partial charge in [0.1, 0.15) is 0 Å². The number of anilines is 1. The van der Waals surface area contributed by atoms with Crippen LogP contribution in [0.5, 0.6) is 0 Å². The lowest BCUT2D eigenvalue weighted by molar-refractivity contribution is 0.119. The number of fused-ring (bicyclic) bond motifs is 1. The third kappa shape index (κ3) is 1.54. The molecule has 0 aliphatic carbocycles. The number of rotatable bonds is 1. The van der Waals surface area contributed by atoms with Crippen molar-refractivity contribution in [2.24, 2.45) is 5.41 Å². The topological polar surface area (TPSA) is 44.3 Å². The highest BCUT2D eigenvalue weighted by atomic mass is 15.3. The molecule has 0 unspecified atom stereocenters. The zero-order chi connectivity index (χ0) is 12.2. The van der Waals surface area contributed by atoms with E-state index in [1.807, 2.05) is 6.20 Å². The van der Waals surface area contributed by atoms with Crippen molar-refractivity contribution in [2.75, 3.05) is 44.7 Å². The minimum Gasteiger partial charge on any atom is -0.339 e. The lowest BCUT2D eigenvalue weighted by Crippen LogP contribution is -2.71. The second kappa shape index (κ2) is 3.65. The molecular weight excluding hydrogens is 226 g/mol. The summed E-state index contributed by atoms with van der Waals surface area (Å²) < 4.78 is 0. The van der Waals surface area contributed by atoms with E-state index in [4.69, 9.17) is 4.98 Å². The minimum atomic E-state index is 0.538. The van der Waals surface area contributed by atoms with Crippen molar-refractivity contribution >= 4 is 5.95 Å². The Morgan fingerprint density at radius 3 is 2.89 bits per heavy atom. The Morgan fingerprint density at radius 2 is 2.17 bits per heavy atom. The van der Waals surface area contributed by atoms with Gasteiger partial charge in [0.2, 0.25) is 5.95 Å². The monoisotopic (exact) mass is 245 g/mol. The number of aromatic nitrogens is 2. The molecule has 2 fully saturated rings. The smallest absolute Gasteiger partial charge is 0.225 e. The first-order valence-electron chi connectivity index (χ1n) is 6.73. The lowest BCUT2D eigenvalue weighted by atomic mass is 9.75. The molecule has 4 rings (SSSR count). The molecular formula is C13H19N5. The Labute approximate surface area is 107 Å². The van der Waals surface area contributed by atoms with Crippen LogP contribution in [-0.4, -0.2) is 54.6 Å². The van der Waals surface area contributed by atoms with Crippen molar-refractivity contribution in [2.45, 2.75) is 13.0 Å². The van der Waals surface area contributed by atoms with Gasteiger partial charge in [0.25, 0.3) is 0 Å². The first kappa shape index (κ1) is 10.7. The van der Waals surface area contributed by atoms with Gasteiger partial charge in [0.15, 0.2) is 0 Å². The molecule has 1 spiro atoms. The second-order valence-corrected chi connectivity index (χ2v) is 6.09.